The van der Waals surface area contributed by atoms with Gasteiger partial charge in [-0.05, 0) is 30.3 Å². The lowest BCUT2D eigenvalue weighted by molar-refractivity contribution is -0.138. The van der Waals surface area contributed by atoms with Gasteiger partial charge in [-0.25, -0.2) is 9.97 Å². The van der Waals surface area contributed by atoms with Crippen molar-refractivity contribution in [2.75, 3.05) is 6.54 Å². The molecule has 0 radical (unpaired) electrons. The molecule has 1 aliphatic heterocycles. The molecule has 2 amide bonds. The van der Waals surface area contributed by atoms with Crippen molar-refractivity contribution in [3.8, 4) is 0 Å². The van der Waals surface area contributed by atoms with Crippen LogP contribution in [0.15, 0.2) is 42.5 Å². The number of hydrogen-bond acceptors (Lipinski definition) is 4. The monoisotopic (exact) mass is 378 g/mol. The fourth-order valence-electron chi connectivity index (χ4n) is 3.71. The molecule has 2 aromatic carbocycles. The van der Waals surface area contributed by atoms with Crippen molar-refractivity contribution >= 4 is 56.5 Å². The second-order valence-corrected chi connectivity index (χ2v) is 7.07. The third kappa shape index (κ3) is 2.56. The molecule has 1 fully saturated rings. The molecule has 7 heteroatoms. The van der Waals surface area contributed by atoms with Crippen molar-refractivity contribution < 1.29 is 9.59 Å². The van der Waals surface area contributed by atoms with Crippen molar-refractivity contribution in [1.29, 1.82) is 0 Å². The molecule has 0 unspecified atom stereocenters. The summed E-state index contributed by atoms with van der Waals surface area (Å²) in [4.78, 5) is 34.8. The van der Waals surface area contributed by atoms with Gasteiger partial charge < -0.3 is 4.57 Å². The number of nitrogens with zero attached hydrogens (tertiary/aromatic N) is 4. The number of carbonyl (C=O) groups is 2. The van der Waals surface area contributed by atoms with E-state index in [0.29, 0.717) is 31.0 Å². The van der Waals surface area contributed by atoms with Gasteiger partial charge in [-0.3, -0.25) is 14.5 Å². The maximum absolute atomic E-state index is 11.9. The van der Waals surface area contributed by atoms with Gasteiger partial charge in [0.25, 0.3) is 0 Å². The molecule has 0 atom stereocenters. The number of aromatic nitrogens is 3. The smallest absolute Gasteiger partial charge is 0.229 e. The molecule has 1 saturated heterocycles. The number of carbonyl (C=O) groups excluding carboxylic acids is 2. The topological polar surface area (TPSA) is 68.1 Å². The first-order valence-electron chi connectivity index (χ1n) is 8.79. The average Bonchev–Trinajstić information content (AvgIpc) is 3.15. The van der Waals surface area contributed by atoms with E-state index in [-0.39, 0.29) is 11.8 Å². The van der Waals surface area contributed by atoms with Gasteiger partial charge in [-0.2, -0.15) is 0 Å². The van der Waals surface area contributed by atoms with Gasteiger partial charge in [0.2, 0.25) is 11.8 Å². The summed E-state index contributed by atoms with van der Waals surface area (Å²) in [5.41, 5.74) is 4.04. The SMILES string of the molecule is O=C1CCC(=O)N1CCn1c2ccc(Cl)cc2c2nc3ccccc3nc21. The van der Waals surface area contributed by atoms with Gasteiger partial charge in [-0.15, -0.1) is 0 Å². The Morgan fingerprint density at radius 1 is 0.926 bits per heavy atom. The van der Waals surface area contributed by atoms with Crippen LogP contribution in [0.2, 0.25) is 5.02 Å². The van der Waals surface area contributed by atoms with Gasteiger partial charge >= 0.3 is 0 Å². The standard InChI is InChI=1S/C20H15ClN4O2/c21-12-5-6-16-13(11-12)19-20(23-15-4-2-1-3-14(15)22-19)24(16)9-10-25-17(26)7-8-18(25)27/h1-6,11H,7-10H2. The second-order valence-electron chi connectivity index (χ2n) is 6.64. The Balaban J connectivity index is 1.70. The maximum Gasteiger partial charge on any atom is 0.229 e. The molecular formula is C20H15ClN4O2. The first-order valence-corrected chi connectivity index (χ1v) is 9.17. The van der Waals surface area contributed by atoms with Crippen LogP contribution in [0.25, 0.3) is 33.1 Å². The van der Waals surface area contributed by atoms with Crippen LogP contribution in [-0.4, -0.2) is 37.8 Å². The second kappa shape index (κ2) is 6.03. The van der Waals surface area contributed by atoms with Crippen LogP contribution in [0, 0.1) is 0 Å². The van der Waals surface area contributed by atoms with E-state index in [9.17, 15) is 9.59 Å². The van der Waals surface area contributed by atoms with Gasteiger partial charge in [-0.1, -0.05) is 23.7 Å². The lowest BCUT2D eigenvalue weighted by Gasteiger charge is -2.15. The number of imide groups is 1. The van der Waals surface area contributed by atoms with Crippen molar-refractivity contribution in [2.45, 2.75) is 19.4 Å². The number of fused-ring (bicyclic) bond motifs is 4. The Bertz CT molecular complexity index is 1230. The minimum Gasteiger partial charge on any atom is -0.322 e. The number of halogens is 1. The van der Waals surface area contributed by atoms with Crippen molar-refractivity contribution in [3.05, 3.63) is 47.5 Å². The Labute approximate surface area is 159 Å². The molecular weight excluding hydrogens is 364 g/mol. The van der Waals surface area contributed by atoms with Gasteiger partial charge in [0.1, 0.15) is 5.52 Å². The van der Waals surface area contributed by atoms with Gasteiger partial charge in [0, 0.05) is 36.3 Å². The van der Waals surface area contributed by atoms with E-state index >= 15 is 0 Å². The lowest BCUT2D eigenvalue weighted by atomic mass is 10.2. The first kappa shape index (κ1) is 16.2. The Morgan fingerprint density at radius 2 is 1.63 bits per heavy atom. The van der Waals surface area contributed by atoms with Crippen LogP contribution in [-0.2, 0) is 16.1 Å². The van der Waals surface area contributed by atoms with Crippen LogP contribution in [0.5, 0.6) is 0 Å². The summed E-state index contributed by atoms with van der Waals surface area (Å²) in [6, 6.07) is 13.3. The first-order chi connectivity index (χ1) is 13.1. The molecule has 0 spiro atoms. The van der Waals surface area contributed by atoms with Crippen LogP contribution < -0.4 is 0 Å². The van der Waals surface area contributed by atoms with Crippen molar-refractivity contribution in [3.63, 3.8) is 0 Å². The summed E-state index contributed by atoms with van der Waals surface area (Å²) < 4.78 is 2.01. The third-order valence-corrected chi connectivity index (χ3v) is 5.25. The van der Waals surface area contributed by atoms with Crippen LogP contribution >= 0.6 is 11.6 Å². The van der Waals surface area contributed by atoms with Crippen LogP contribution in [0.3, 0.4) is 0 Å². The van der Waals surface area contributed by atoms with E-state index in [1.165, 1.54) is 4.90 Å². The van der Waals surface area contributed by atoms with Crippen molar-refractivity contribution in [2.24, 2.45) is 0 Å². The zero-order valence-electron chi connectivity index (χ0n) is 14.4. The lowest BCUT2D eigenvalue weighted by Crippen LogP contribution is -2.32. The molecule has 134 valence electrons. The Morgan fingerprint density at radius 3 is 2.37 bits per heavy atom. The molecule has 0 bridgehead atoms. The highest BCUT2D eigenvalue weighted by molar-refractivity contribution is 6.31. The molecule has 1 aliphatic rings. The maximum atomic E-state index is 11.9. The van der Waals surface area contributed by atoms with E-state index in [2.05, 4.69) is 0 Å². The summed E-state index contributed by atoms with van der Waals surface area (Å²) in [6.45, 7) is 0.791. The molecule has 6 nitrogen and oxygen atoms in total. The van der Waals surface area contributed by atoms with E-state index in [1.807, 2.05) is 47.0 Å². The molecule has 4 aromatic rings. The number of amides is 2. The van der Waals surface area contributed by atoms with E-state index in [1.54, 1.807) is 0 Å². The molecule has 0 N–H and O–H groups in total. The third-order valence-electron chi connectivity index (χ3n) is 5.01. The van der Waals surface area contributed by atoms with E-state index in [4.69, 9.17) is 21.6 Å². The summed E-state index contributed by atoms with van der Waals surface area (Å²) in [7, 11) is 0. The largest absolute Gasteiger partial charge is 0.322 e. The Kier molecular flexibility index (Phi) is 3.62. The molecule has 27 heavy (non-hydrogen) atoms. The number of benzene rings is 2. The number of hydrogen-bond donors (Lipinski definition) is 0. The molecule has 0 saturated carbocycles. The van der Waals surface area contributed by atoms with Crippen molar-refractivity contribution in [1.82, 2.24) is 19.4 Å². The zero-order chi connectivity index (χ0) is 18.5. The van der Waals surface area contributed by atoms with Crippen LogP contribution in [0.4, 0.5) is 0 Å². The van der Waals surface area contributed by atoms with E-state index < -0.39 is 0 Å². The fraction of sp³-hybridized carbons (Fsp3) is 0.200. The summed E-state index contributed by atoms with van der Waals surface area (Å²) in [5.74, 6) is -0.222. The average molecular weight is 379 g/mol. The predicted molar refractivity (Wildman–Crippen MR) is 104 cm³/mol. The van der Waals surface area contributed by atoms with Crippen LogP contribution in [0.1, 0.15) is 12.8 Å². The number of rotatable bonds is 3. The molecule has 3 heterocycles. The summed E-state index contributed by atoms with van der Waals surface area (Å²) in [6.07, 6.45) is 0.595. The highest BCUT2D eigenvalue weighted by atomic mass is 35.5. The number of para-hydroxylation sites is 2. The fourth-order valence-corrected chi connectivity index (χ4v) is 3.88. The van der Waals surface area contributed by atoms with E-state index in [0.717, 1.165) is 33.1 Å². The number of likely N-dealkylation sites (tertiary alicyclic amines) is 1. The molecule has 2 aromatic heterocycles. The highest BCUT2D eigenvalue weighted by Gasteiger charge is 2.28. The minimum atomic E-state index is -0.111. The highest BCUT2D eigenvalue weighted by Crippen LogP contribution is 2.30. The van der Waals surface area contributed by atoms with Gasteiger partial charge in [0.15, 0.2) is 5.65 Å². The minimum absolute atomic E-state index is 0.111. The summed E-state index contributed by atoms with van der Waals surface area (Å²) in [5, 5.41) is 1.54. The molecule has 0 aliphatic carbocycles. The quantitative estimate of drug-likeness (QED) is 0.511. The predicted octanol–water partition coefficient (Wildman–Crippen LogP) is 3.54. The van der Waals surface area contributed by atoms with Gasteiger partial charge in [0.05, 0.1) is 16.6 Å². The summed E-state index contributed by atoms with van der Waals surface area (Å²) >= 11 is 6.21. The Hall–Kier alpha value is -2.99. The zero-order valence-corrected chi connectivity index (χ0v) is 15.1. The molecule has 5 rings (SSSR count). The normalized spacial score (nSPS) is 14.9.